The molecule has 0 saturated heterocycles. The summed E-state index contributed by atoms with van der Waals surface area (Å²) < 4.78 is 22.7. The van der Waals surface area contributed by atoms with Crippen molar-refractivity contribution in [2.24, 2.45) is 5.14 Å². The summed E-state index contributed by atoms with van der Waals surface area (Å²) in [7, 11) is -3.61. The van der Waals surface area contributed by atoms with Gasteiger partial charge in [-0.25, -0.2) is 13.6 Å². The summed E-state index contributed by atoms with van der Waals surface area (Å²) in [5, 5.41) is 5.17. The summed E-state index contributed by atoms with van der Waals surface area (Å²) in [4.78, 5) is 2.02. The monoisotopic (exact) mass is 261 g/mol. The molecule has 2 rings (SSSR count). The van der Waals surface area contributed by atoms with E-state index >= 15 is 0 Å². The maximum atomic E-state index is 11.4. The summed E-state index contributed by atoms with van der Waals surface area (Å²) in [5.74, 6) is 0. The van der Waals surface area contributed by atoms with Gasteiger partial charge < -0.3 is 0 Å². The Morgan fingerprint density at radius 1 is 1.27 bits per heavy atom. The number of nitrogens with two attached hydrogens (primary N) is 1. The highest BCUT2D eigenvalue weighted by molar-refractivity contribution is 8.20. The van der Waals surface area contributed by atoms with Crippen LogP contribution in [0, 0.1) is 0 Å². The van der Waals surface area contributed by atoms with Gasteiger partial charge in [0.25, 0.3) is 0 Å². The van der Waals surface area contributed by atoms with Gasteiger partial charge in [-0.2, -0.15) is 0 Å². The van der Waals surface area contributed by atoms with Gasteiger partial charge in [0.05, 0.1) is 8.97 Å². The van der Waals surface area contributed by atoms with Gasteiger partial charge in [0.1, 0.15) is 0 Å². The average Bonchev–Trinajstić information content (AvgIpc) is 2.35. The summed E-state index contributed by atoms with van der Waals surface area (Å²) >= 11 is 3.22. The summed E-state index contributed by atoms with van der Waals surface area (Å²) in [6, 6.07) is 5.22. The second-order valence-corrected chi connectivity index (χ2v) is 8.82. The van der Waals surface area contributed by atoms with Gasteiger partial charge in [0, 0.05) is 9.79 Å². The first kappa shape index (κ1) is 11.3. The van der Waals surface area contributed by atoms with Gasteiger partial charge in [-0.15, -0.1) is 23.5 Å². The molecule has 0 fully saturated rings. The normalized spacial score (nSPS) is 18.9. The van der Waals surface area contributed by atoms with E-state index in [0.717, 1.165) is 9.79 Å². The Morgan fingerprint density at radius 3 is 2.53 bits per heavy atom. The van der Waals surface area contributed by atoms with E-state index in [0.29, 0.717) is 0 Å². The van der Waals surface area contributed by atoms with E-state index in [-0.39, 0.29) is 8.97 Å². The Bertz CT molecular complexity index is 508. The Hall–Kier alpha value is -0.170. The van der Waals surface area contributed by atoms with Crippen LogP contribution in [0.1, 0.15) is 13.8 Å². The zero-order valence-electron chi connectivity index (χ0n) is 8.35. The second kappa shape index (κ2) is 3.41. The first-order valence-electron chi connectivity index (χ1n) is 4.33. The molecule has 0 bridgehead atoms. The third-order valence-electron chi connectivity index (χ3n) is 1.95. The van der Waals surface area contributed by atoms with Crippen LogP contribution in [0.4, 0.5) is 0 Å². The predicted octanol–water partition coefficient (Wildman–Crippen LogP) is 2.27. The van der Waals surface area contributed by atoms with Crippen LogP contribution in [0.15, 0.2) is 32.9 Å². The third kappa shape index (κ3) is 2.18. The molecule has 1 aromatic rings. The topological polar surface area (TPSA) is 60.2 Å². The van der Waals surface area contributed by atoms with Crippen molar-refractivity contribution in [3.63, 3.8) is 0 Å². The summed E-state index contributed by atoms with van der Waals surface area (Å²) in [6.07, 6.45) is 0. The van der Waals surface area contributed by atoms with E-state index in [9.17, 15) is 8.42 Å². The minimum Gasteiger partial charge on any atom is -0.225 e. The third-order valence-corrected chi connectivity index (χ3v) is 5.85. The summed E-state index contributed by atoms with van der Waals surface area (Å²) in [6.45, 7) is 4.13. The number of primary sulfonamides is 1. The van der Waals surface area contributed by atoms with E-state index in [1.165, 1.54) is 0 Å². The number of hydrogen-bond donors (Lipinski definition) is 1. The SMILES string of the molecule is CC1(C)Sc2cccc(S(N)(=O)=O)c2S1. The minimum atomic E-state index is -3.61. The zero-order valence-corrected chi connectivity index (χ0v) is 10.8. The molecule has 0 aliphatic carbocycles. The summed E-state index contributed by atoms with van der Waals surface area (Å²) in [5.41, 5.74) is 0. The van der Waals surface area contributed by atoms with Crippen LogP contribution in [0.5, 0.6) is 0 Å². The van der Waals surface area contributed by atoms with Gasteiger partial charge in [0.15, 0.2) is 0 Å². The van der Waals surface area contributed by atoms with Crippen LogP contribution in [0.2, 0.25) is 0 Å². The Kier molecular flexibility index (Phi) is 2.57. The fourth-order valence-electron chi connectivity index (χ4n) is 1.43. The number of rotatable bonds is 1. The van der Waals surface area contributed by atoms with Gasteiger partial charge in [0.2, 0.25) is 10.0 Å². The molecular formula is C9H11NO2S3. The fraction of sp³-hybridized carbons (Fsp3) is 0.333. The molecule has 0 atom stereocenters. The molecule has 0 amide bonds. The lowest BCUT2D eigenvalue weighted by Gasteiger charge is -2.13. The predicted molar refractivity (Wildman–Crippen MR) is 63.6 cm³/mol. The molecule has 1 aliphatic heterocycles. The molecular weight excluding hydrogens is 250 g/mol. The molecule has 1 aliphatic rings. The quantitative estimate of drug-likeness (QED) is 0.842. The van der Waals surface area contributed by atoms with Crippen molar-refractivity contribution in [2.75, 3.05) is 0 Å². The molecule has 1 heterocycles. The van der Waals surface area contributed by atoms with Crippen molar-refractivity contribution < 1.29 is 8.42 Å². The Labute approximate surface area is 97.9 Å². The van der Waals surface area contributed by atoms with Crippen LogP contribution >= 0.6 is 23.5 Å². The van der Waals surface area contributed by atoms with Gasteiger partial charge in [-0.3, -0.25) is 0 Å². The van der Waals surface area contributed by atoms with E-state index in [1.807, 2.05) is 6.07 Å². The highest BCUT2D eigenvalue weighted by Crippen LogP contribution is 2.56. The molecule has 0 unspecified atom stereocenters. The molecule has 15 heavy (non-hydrogen) atoms. The molecule has 2 N–H and O–H groups in total. The molecule has 0 aromatic heterocycles. The molecule has 6 heteroatoms. The lowest BCUT2D eigenvalue weighted by atomic mass is 10.4. The number of hydrogen-bond acceptors (Lipinski definition) is 4. The molecule has 0 spiro atoms. The highest BCUT2D eigenvalue weighted by atomic mass is 32.2. The van der Waals surface area contributed by atoms with Crippen molar-refractivity contribution >= 4 is 33.5 Å². The highest BCUT2D eigenvalue weighted by Gasteiger charge is 2.33. The largest absolute Gasteiger partial charge is 0.239 e. The smallest absolute Gasteiger partial charge is 0.225 e. The Morgan fingerprint density at radius 2 is 1.93 bits per heavy atom. The van der Waals surface area contributed by atoms with Crippen LogP contribution in [0.25, 0.3) is 0 Å². The van der Waals surface area contributed by atoms with Crippen molar-refractivity contribution in [1.29, 1.82) is 0 Å². The zero-order chi connectivity index (χ0) is 11.3. The molecule has 3 nitrogen and oxygen atoms in total. The van der Waals surface area contributed by atoms with E-state index in [4.69, 9.17) is 5.14 Å². The van der Waals surface area contributed by atoms with Gasteiger partial charge in [-0.05, 0) is 26.0 Å². The Balaban J connectivity index is 2.61. The van der Waals surface area contributed by atoms with E-state index < -0.39 is 10.0 Å². The van der Waals surface area contributed by atoms with Crippen LogP contribution < -0.4 is 5.14 Å². The molecule has 82 valence electrons. The molecule has 1 aromatic carbocycles. The average molecular weight is 261 g/mol. The van der Waals surface area contributed by atoms with Crippen molar-refractivity contribution in [1.82, 2.24) is 0 Å². The molecule has 0 saturated carbocycles. The number of benzene rings is 1. The lowest BCUT2D eigenvalue weighted by molar-refractivity contribution is 0.595. The van der Waals surface area contributed by atoms with Gasteiger partial charge in [-0.1, -0.05) is 6.07 Å². The lowest BCUT2D eigenvalue weighted by Crippen LogP contribution is -2.13. The first-order chi connectivity index (χ1) is 6.80. The van der Waals surface area contributed by atoms with Crippen molar-refractivity contribution in [3.05, 3.63) is 18.2 Å². The van der Waals surface area contributed by atoms with E-state index in [2.05, 4.69) is 13.8 Å². The number of sulfonamides is 1. The fourth-order valence-corrected chi connectivity index (χ4v) is 5.25. The first-order valence-corrected chi connectivity index (χ1v) is 7.51. The minimum absolute atomic E-state index is 0.0247. The second-order valence-electron chi connectivity index (χ2n) is 3.73. The van der Waals surface area contributed by atoms with E-state index in [1.54, 1.807) is 35.7 Å². The van der Waals surface area contributed by atoms with Crippen LogP contribution in [-0.2, 0) is 10.0 Å². The number of fused-ring (bicyclic) bond motifs is 1. The number of thioether (sulfide) groups is 2. The van der Waals surface area contributed by atoms with Crippen LogP contribution in [0.3, 0.4) is 0 Å². The van der Waals surface area contributed by atoms with Gasteiger partial charge >= 0.3 is 0 Å². The van der Waals surface area contributed by atoms with Crippen molar-refractivity contribution in [2.45, 2.75) is 32.6 Å². The maximum Gasteiger partial charge on any atom is 0.239 e. The maximum absolute atomic E-state index is 11.4. The van der Waals surface area contributed by atoms with Crippen LogP contribution in [-0.4, -0.2) is 12.5 Å². The standard InChI is InChI=1S/C9H11NO2S3/c1-9(2)13-6-4-3-5-7(8(6)14-9)15(10,11)12/h3-5H,1-2H3,(H2,10,11,12). The molecule has 0 radical (unpaired) electrons. The van der Waals surface area contributed by atoms with Crippen molar-refractivity contribution in [3.8, 4) is 0 Å².